The van der Waals surface area contributed by atoms with E-state index in [0.29, 0.717) is 24.4 Å². The number of amides is 1. The van der Waals surface area contributed by atoms with E-state index in [0.717, 1.165) is 6.42 Å². The van der Waals surface area contributed by atoms with Gasteiger partial charge in [-0.1, -0.05) is 24.3 Å². The molecule has 2 saturated heterocycles. The molecule has 2 bridgehead atoms. The van der Waals surface area contributed by atoms with Gasteiger partial charge in [0.15, 0.2) is 0 Å². The van der Waals surface area contributed by atoms with E-state index in [4.69, 9.17) is 0 Å². The van der Waals surface area contributed by atoms with Gasteiger partial charge in [0.25, 0.3) is 0 Å². The van der Waals surface area contributed by atoms with Gasteiger partial charge in [-0.15, -0.1) is 12.4 Å². The van der Waals surface area contributed by atoms with Crippen LogP contribution in [0.2, 0.25) is 0 Å². The van der Waals surface area contributed by atoms with Crippen molar-refractivity contribution in [1.29, 1.82) is 0 Å². The summed E-state index contributed by atoms with van der Waals surface area (Å²) >= 11 is 0. The standard InChI is InChI=1S/C20H30N2O.ClH/c1-14-6-4-5-7-16(14)13-20(2,3)22-19(23)12-15-10-17-8-9-18(11-15)21-17;/h4-7,15,17-18,21H,8-13H2,1-3H3,(H,22,23);1H. The summed E-state index contributed by atoms with van der Waals surface area (Å²) in [7, 11) is 0. The minimum Gasteiger partial charge on any atom is -0.351 e. The average molecular weight is 351 g/mol. The Bertz CT molecular complexity index is 561. The van der Waals surface area contributed by atoms with E-state index in [1.54, 1.807) is 0 Å². The van der Waals surface area contributed by atoms with E-state index in [1.807, 2.05) is 0 Å². The lowest BCUT2D eigenvalue weighted by Crippen LogP contribution is -2.47. The Kier molecular flexibility index (Phi) is 6.33. The number of halogens is 1. The van der Waals surface area contributed by atoms with Crippen LogP contribution < -0.4 is 10.6 Å². The molecule has 3 rings (SSSR count). The van der Waals surface area contributed by atoms with Crippen molar-refractivity contribution in [2.75, 3.05) is 0 Å². The van der Waals surface area contributed by atoms with Crippen molar-refractivity contribution < 1.29 is 4.79 Å². The summed E-state index contributed by atoms with van der Waals surface area (Å²) in [4.78, 5) is 12.5. The third-order valence-electron chi connectivity index (χ3n) is 5.42. The van der Waals surface area contributed by atoms with E-state index in [9.17, 15) is 4.79 Å². The number of carbonyl (C=O) groups is 1. The Morgan fingerprint density at radius 2 is 1.83 bits per heavy atom. The van der Waals surface area contributed by atoms with Crippen LogP contribution in [0.1, 0.15) is 57.1 Å². The van der Waals surface area contributed by atoms with Gasteiger partial charge in [-0.2, -0.15) is 0 Å². The first-order valence-corrected chi connectivity index (χ1v) is 9.03. The van der Waals surface area contributed by atoms with Crippen molar-refractivity contribution in [3.8, 4) is 0 Å². The maximum Gasteiger partial charge on any atom is 0.220 e. The predicted octanol–water partition coefficient (Wildman–Crippen LogP) is 3.77. The Labute approximate surface area is 152 Å². The van der Waals surface area contributed by atoms with Gasteiger partial charge in [0, 0.05) is 24.0 Å². The molecule has 2 aliphatic heterocycles. The number of fused-ring (bicyclic) bond motifs is 2. The topological polar surface area (TPSA) is 41.1 Å². The molecule has 1 aromatic rings. The molecule has 2 heterocycles. The van der Waals surface area contributed by atoms with Crippen molar-refractivity contribution in [2.45, 2.75) is 76.9 Å². The Balaban J connectivity index is 0.00000208. The highest BCUT2D eigenvalue weighted by Gasteiger charge is 2.34. The van der Waals surface area contributed by atoms with Gasteiger partial charge in [-0.25, -0.2) is 0 Å². The molecule has 4 heteroatoms. The molecule has 1 aromatic carbocycles. The normalized spacial score (nSPS) is 25.9. The third-order valence-corrected chi connectivity index (χ3v) is 5.42. The van der Waals surface area contributed by atoms with Crippen LogP contribution in [0.4, 0.5) is 0 Å². The van der Waals surface area contributed by atoms with Gasteiger partial charge in [-0.3, -0.25) is 4.79 Å². The fraction of sp³-hybridized carbons (Fsp3) is 0.650. The van der Waals surface area contributed by atoms with Crippen molar-refractivity contribution in [3.63, 3.8) is 0 Å². The predicted molar refractivity (Wildman–Crippen MR) is 102 cm³/mol. The van der Waals surface area contributed by atoms with Crippen LogP contribution in [0.5, 0.6) is 0 Å². The Morgan fingerprint density at radius 1 is 1.21 bits per heavy atom. The zero-order valence-corrected chi connectivity index (χ0v) is 15.9. The van der Waals surface area contributed by atoms with E-state index in [1.165, 1.54) is 36.8 Å². The van der Waals surface area contributed by atoms with Crippen LogP contribution in [0.25, 0.3) is 0 Å². The zero-order chi connectivity index (χ0) is 16.4. The van der Waals surface area contributed by atoms with Gasteiger partial charge in [-0.05, 0) is 69.9 Å². The number of piperidine rings is 1. The molecule has 0 saturated carbocycles. The van der Waals surface area contributed by atoms with E-state index >= 15 is 0 Å². The number of hydrogen-bond donors (Lipinski definition) is 2. The van der Waals surface area contributed by atoms with Crippen molar-refractivity contribution >= 4 is 18.3 Å². The van der Waals surface area contributed by atoms with Gasteiger partial charge in [0.05, 0.1) is 0 Å². The quantitative estimate of drug-likeness (QED) is 0.848. The molecule has 0 aliphatic carbocycles. The lowest BCUT2D eigenvalue weighted by molar-refractivity contribution is -0.123. The van der Waals surface area contributed by atoms with Crippen LogP contribution >= 0.6 is 12.4 Å². The van der Waals surface area contributed by atoms with Gasteiger partial charge >= 0.3 is 0 Å². The molecule has 0 spiro atoms. The number of aryl methyl sites for hydroxylation is 1. The van der Waals surface area contributed by atoms with Crippen LogP contribution in [0, 0.1) is 12.8 Å². The highest BCUT2D eigenvalue weighted by molar-refractivity contribution is 5.85. The lowest BCUT2D eigenvalue weighted by Gasteiger charge is -2.31. The third kappa shape index (κ3) is 4.97. The second kappa shape index (κ2) is 7.88. The fourth-order valence-corrected chi connectivity index (χ4v) is 4.36. The zero-order valence-electron chi connectivity index (χ0n) is 15.1. The first-order chi connectivity index (χ1) is 10.9. The minimum absolute atomic E-state index is 0. The van der Waals surface area contributed by atoms with E-state index in [-0.39, 0.29) is 23.9 Å². The molecule has 2 aliphatic rings. The van der Waals surface area contributed by atoms with Gasteiger partial charge < -0.3 is 10.6 Å². The first kappa shape index (κ1) is 19.3. The molecule has 0 radical (unpaired) electrons. The van der Waals surface area contributed by atoms with Crippen LogP contribution in [0.15, 0.2) is 24.3 Å². The fourth-order valence-electron chi connectivity index (χ4n) is 4.36. The molecule has 2 atom stereocenters. The van der Waals surface area contributed by atoms with E-state index in [2.05, 4.69) is 55.7 Å². The van der Waals surface area contributed by atoms with E-state index < -0.39 is 0 Å². The summed E-state index contributed by atoms with van der Waals surface area (Å²) in [5.74, 6) is 0.776. The summed E-state index contributed by atoms with van der Waals surface area (Å²) in [5.41, 5.74) is 2.41. The molecule has 134 valence electrons. The minimum atomic E-state index is -0.199. The summed E-state index contributed by atoms with van der Waals surface area (Å²) in [5, 5.41) is 6.92. The second-order valence-electron chi connectivity index (χ2n) is 8.21. The maximum atomic E-state index is 12.5. The van der Waals surface area contributed by atoms with Crippen LogP contribution in [-0.4, -0.2) is 23.5 Å². The van der Waals surface area contributed by atoms with Crippen LogP contribution in [-0.2, 0) is 11.2 Å². The Hall–Kier alpha value is -1.06. The highest BCUT2D eigenvalue weighted by Crippen LogP contribution is 2.32. The Morgan fingerprint density at radius 3 is 2.46 bits per heavy atom. The second-order valence-corrected chi connectivity index (χ2v) is 8.21. The van der Waals surface area contributed by atoms with Crippen molar-refractivity contribution in [3.05, 3.63) is 35.4 Å². The molecule has 2 fully saturated rings. The molecule has 2 N–H and O–H groups in total. The SMILES string of the molecule is Cc1ccccc1CC(C)(C)NC(=O)CC1CC2CCC(C1)N2.Cl. The molecular weight excluding hydrogens is 320 g/mol. The smallest absolute Gasteiger partial charge is 0.220 e. The monoisotopic (exact) mass is 350 g/mol. The molecule has 0 aromatic heterocycles. The summed E-state index contributed by atoms with van der Waals surface area (Å²) in [6.45, 7) is 6.39. The maximum absolute atomic E-state index is 12.5. The highest BCUT2D eigenvalue weighted by atomic mass is 35.5. The average Bonchev–Trinajstić information content (AvgIpc) is 2.79. The number of carbonyl (C=O) groups excluding carboxylic acids is 1. The summed E-state index contributed by atoms with van der Waals surface area (Å²) in [6, 6.07) is 9.75. The first-order valence-electron chi connectivity index (χ1n) is 9.03. The molecule has 1 amide bonds. The number of nitrogens with one attached hydrogen (secondary N) is 2. The molecule has 3 nitrogen and oxygen atoms in total. The molecular formula is C20H31ClN2O. The van der Waals surface area contributed by atoms with Crippen molar-refractivity contribution in [2.24, 2.45) is 5.92 Å². The summed E-state index contributed by atoms with van der Waals surface area (Å²) < 4.78 is 0. The number of benzene rings is 1. The van der Waals surface area contributed by atoms with Gasteiger partial charge in [0.1, 0.15) is 0 Å². The largest absolute Gasteiger partial charge is 0.351 e. The number of hydrogen-bond acceptors (Lipinski definition) is 2. The van der Waals surface area contributed by atoms with Crippen LogP contribution in [0.3, 0.4) is 0 Å². The molecule has 24 heavy (non-hydrogen) atoms. The molecule has 2 unspecified atom stereocenters. The van der Waals surface area contributed by atoms with Gasteiger partial charge in [0.2, 0.25) is 5.91 Å². The summed E-state index contributed by atoms with van der Waals surface area (Å²) in [6.07, 6.45) is 6.49. The lowest BCUT2D eigenvalue weighted by atomic mass is 9.88. The number of rotatable bonds is 5. The van der Waals surface area contributed by atoms with Crippen molar-refractivity contribution in [1.82, 2.24) is 10.6 Å².